The molecule has 0 aliphatic carbocycles. The highest BCUT2D eigenvalue weighted by Gasteiger charge is 2.44. The Labute approximate surface area is 210 Å². The molecule has 1 fully saturated rings. The smallest absolute Gasteiger partial charge is 0.416 e. The number of amides is 1. The number of ether oxygens (including phenoxy) is 3. The Balaban J connectivity index is 1.71. The van der Waals surface area contributed by atoms with Gasteiger partial charge in [0.2, 0.25) is 0 Å². The van der Waals surface area contributed by atoms with E-state index in [-0.39, 0.29) is 12.2 Å². The molecule has 0 aromatic heterocycles. The molecule has 3 aromatic rings. The number of carbonyl (C=O) groups excluding carboxylic acids is 2. The minimum atomic E-state index is -4.61. The molecule has 3 aromatic carbocycles. The lowest BCUT2D eigenvalue weighted by molar-refractivity contribution is -0.163. The Bertz CT molecular complexity index is 1230. The highest BCUT2D eigenvalue weighted by molar-refractivity contribution is 6.30. The van der Waals surface area contributed by atoms with Gasteiger partial charge >= 0.3 is 12.1 Å². The van der Waals surface area contributed by atoms with Crippen molar-refractivity contribution in [3.63, 3.8) is 0 Å². The van der Waals surface area contributed by atoms with E-state index in [2.05, 4.69) is 0 Å². The molecule has 1 saturated heterocycles. The molecule has 188 valence electrons. The largest absolute Gasteiger partial charge is 0.464 e. The van der Waals surface area contributed by atoms with Crippen molar-refractivity contribution in [3.8, 4) is 11.5 Å². The predicted molar refractivity (Wildman–Crippen MR) is 126 cm³/mol. The van der Waals surface area contributed by atoms with Crippen molar-refractivity contribution in [2.45, 2.75) is 25.2 Å². The van der Waals surface area contributed by atoms with Gasteiger partial charge in [0.05, 0.1) is 18.2 Å². The zero-order chi connectivity index (χ0) is 25.9. The van der Waals surface area contributed by atoms with Gasteiger partial charge in [-0.1, -0.05) is 23.7 Å². The molecule has 0 radical (unpaired) electrons. The number of rotatable bonds is 6. The molecule has 0 unspecified atom stereocenters. The van der Waals surface area contributed by atoms with Gasteiger partial charge in [0.15, 0.2) is 6.10 Å². The van der Waals surface area contributed by atoms with Gasteiger partial charge in [-0.2, -0.15) is 13.2 Å². The van der Waals surface area contributed by atoms with Gasteiger partial charge in [-0.05, 0) is 73.2 Å². The predicted octanol–water partition coefficient (Wildman–Crippen LogP) is 6.19. The first-order valence-electron chi connectivity index (χ1n) is 11.0. The van der Waals surface area contributed by atoms with E-state index < -0.39 is 42.4 Å². The van der Waals surface area contributed by atoms with Crippen molar-refractivity contribution in [3.05, 3.63) is 88.9 Å². The van der Waals surface area contributed by atoms with Crippen molar-refractivity contribution < 1.29 is 37.0 Å². The summed E-state index contributed by atoms with van der Waals surface area (Å²) >= 11 is 5.89. The summed E-state index contributed by atoms with van der Waals surface area (Å²) in [4.78, 5) is 26.9. The lowest BCUT2D eigenvalue weighted by Crippen LogP contribution is -2.52. The number of halogens is 4. The Morgan fingerprint density at radius 1 is 1.06 bits per heavy atom. The molecule has 1 amide bonds. The molecule has 1 heterocycles. The summed E-state index contributed by atoms with van der Waals surface area (Å²) in [5, 5.41) is 0.556. The summed E-state index contributed by atoms with van der Waals surface area (Å²) in [6, 6.07) is 16.4. The quantitative estimate of drug-likeness (QED) is 0.363. The van der Waals surface area contributed by atoms with E-state index in [1.807, 2.05) is 0 Å². The molecule has 0 bridgehead atoms. The van der Waals surface area contributed by atoms with E-state index in [0.717, 1.165) is 12.1 Å². The summed E-state index contributed by atoms with van der Waals surface area (Å²) < 4.78 is 56.6. The van der Waals surface area contributed by atoms with Crippen LogP contribution < -0.4 is 9.64 Å². The number of anilines is 1. The highest BCUT2D eigenvalue weighted by Crippen LogP contribution is 2.38. The lowest BCUT2D eigenvalue weighted by Gasteiger charge is -2.40. The third kappa shape index (κ3) is 5.63. The van der Waals surface area contributed by atoms with Crippen LogP contribution in [0.25, 0.3) is 0 Å². The molecule has 0 saturated carbocycles. The fourth-order valence-electron chi connectivity index (χ4n) is 3.87. The third-order valence-electron chi connectivity index (χ3n) is 5.46. The van der Waals surface area contributed by atoms with Crippen molar-refractivity contribution in [1.29, 1.82) is 0 Å². The van der Waals surface area contributed by atoms with Crippen molar-refractivity contribution in [2.75, 3.05) is 18.1 Å². The number of esters is 1. The van der Waals surface area contributed by atoms with E-state index in [9.17, 15) is 22.8 Å². The van der Waals surface area contributed by atoms with Gasteiger partial charge in [0.1, 0.15) is 18.1 Å². The monoisotopic (exact) mass is 519 g/mol. The maximum atomic E-state index is 13.4. The Kier molecular flexibility index (Phi) is 7.51. The van der Waals surface area contributed by atoms with Gasteiger partial charge in [-0.25, -0.2) is 4.79 Å². The zero-order valence-corrected chi connectivity index (χ0v) is 19.8. The number of nitrogens with zero attached hydrogens (tertiary/aromatic N) is 1. The summed E-state index contributed by atoms with van der Waals surface area (Å²) in [7, 11) is 0. The number of carbonyl (C=O) groups is 2. The van der Waals surface area contributed by atoms with Gasteiger partial charge in [0, 0.05) is 10.7 Å². The van der Waals surface area contributed by atoms with Crippen LogP contribution in [0.2, 0.25) is 5.02 Å². The summed E-state index contributed by atoms with van der Waals surface area (Å²) in [6.07, 6.45) is -5.93. The summed E-state index contributed by atoms with van der Waals surface area (Å²) in [6.45, 7) is 1.20. The summed E-state index contributed by atoms with van der Waals surface area (Å²) in [5.74, 6) is -0.303. The van der Waals surface area contributed by atoms with Crippen LogP contribution >= 0.6 is 11.6 Å². The normalized spacial score (nSPS) is 18.1. The molecule has 1 aliphatic rings. The number of alkyl halides is 3. The van der Waals surface area contributed by atoms with E-state index in [1.165, 1.54) is 17.0 Å². The Morgan fingerprint density at radius 3 is 2.31 bits per heavy atom. The second-order valence-electron chi connectivity index (χ2n) is 7.87. The fourth-order valence-corrected chi connectivity index (χ4v) is 4.00. The van der Waals surface area contributed by atoms with Gasteiger partial charge in [-0.15, -0.1) is 0 Å². The first kappa shape index (κ1) is 25.5. The third-order valence-corrected chi connectivity index (χ3v) is 5.71. The van der Waals surface area contributed by atoms with Crippen LogP contribution in [0, 0.1) is 0 Å². The van der Waals surface area contributed by atoms with Crippen LogP contribution in [0.4, 0.5) is 18.9 Å². The molecular weight excluding hydrogens is 499 g/mol. The molecule has 0 N–H and O–H groups in total. The molecule has 4 rings (SSSR count). The van der Waals surface area contributed by atoms with Gasteiger partial charge in [0.25, 0.3) is 5.91 Å². The Hall–Kier alpha value is -3.56. The maximum absolute atomic E-state index is 13.4. The average Bonchev–Trinajstić information content (AvgIpc) is 2.85. The van der Waals surface area contributed by atoms with E-state index >= 15 is 0 Å². The van der Waals surface area contributed by atoms with Gasteiger partial charge < -0.3 is 14.2 Å². The second kappa shape index (κ2) is 10.6. The number of morpholine rings is 1. The van der Waals surface area contributed by atoms with Crippen LogP contribution in [0.15, 0.2) is 72.8 Å². The van der Waals surface area contributed by atoms with E-state index in [4.69, 9.17) is 25.8 Å². The molecule has 1 aliphatic heterocycles. The highest BCUT2D eigenvalue weighted by atomic mass is 35.5. The average molecular weight is 520 g/mol. The van der Waals surface area contributed by atoms with Crippen molar-refractivity contribution in [1.82, 2.24) is 0 Å². The maximum Gasteiger partial charge on any atom is 0.416 e. The summed E-state index contributed by atoms with van der Waals surface area (Å²) in [5.41, 5.74) is -0.479. The minimum absolute atomic E-state index is 0.0404. The molecule has 0 spiro atoms. The SMILES string of the molecule is CCOC(=O)[C@@H]1OCC(=O)N(c2ccc(Oc3ccc(Cl)cc3)cc2)[C@H]1c1cccc(C(F)(F)F)c1. The number of hydrogen-bond donors (Lipinski definition) is 0. The molecule has 6 nitrogen and oxygen atoms in total. The number of benzene rings is 3. The van der Waals surface area contributed by atoms with E-state index in [0.29, 0.717) is 22.2 Å². The van der Waals surface area contributed by atoms with Gasteiger partial charge in [-0.3, -0.25) is 9.69 Å². The molecule has 2 atom stereocenters. The lowest BCUT2D eigenvalue weighted by atomic mass is 9.95. The van der Waals surface area contributed by atoms with E-state index in [1.54, 1.807) is 55.5 Å². The van der Waals surface area contributed by atoms with Crippen LogP contribution in [-0.4, -0.2) is 31.2 Å². The first-order valence-corrected chi connectivity index (χ1v) is 11.4. The molecule has 10 heteroatoms. The van der Waals surface area contributed by atoms with Crippen LogP contribution in [0.1, 0.15) is 24.1 Å². The van der Waals surface area contributed by atoms with Crippen LogP contribution in [0.5, 0.6) is 11.5 Å². The topological polar surface area (TPSA) is 65.1 Å². The first-order chi connectivity index (χ1) is 17.2. The molecule has 36 heavy (non-hydrogen) atoms. The zero-order valence-electron chi connectivity index (χ0n) is 19.0. The minimum Gasteiger partial charge on any atom is -0.464 e. The van der Waals surface area contributed by atoms with Crippen molar-refractivity contribution in [2.24, 2.45) is 0 Å². The molecular formula is C26H21ClF3NO5. The van der Waals surface area contributed by atoms with Crippen LogP contribution in [-0.2, 0) is 25.2 Å². The second-order valence-corrected chi connectivity index (χ2v) is 8.30. The standard InChI is InChI=1S/C26H21ClF3NO5/c1-2-34-25(33)24-23(16-4-3-5-17(14-16)26(28,29)30)31(22(32)15-35-24)19-8-12-21(13-9-19)36-20-10-6-18(27)7-11-20/h3-14,23-24H,2,15H2,1H3/t23-,24+/m0/s1. The Morgan fingerprint density at radius 2 is 1.69 bits per heavy atom. The van der Waals surface area contributed by atoms with Crippen molar-refractivity contribution >= 4 is 29.2 Å². The van der Waals surface area contributed by atoms with Crippen LogP contribution in [0.3, 0.4) is 0 Å². The fraction of sp³-hybridized carbons (Fsp3) is 0.231. The number of hydrogen-bond acceptors (Lipinski definition) is 5.